The molecule has 0 heterocycles. The molecule has 84 valence electrons. The van der Waals surface area contributed by atoms with Crippen molar-refractivity contribution in [2.45, 2.75) is 19.3 Å². The van der Waals surface area contributed by atoms with Crippen molar-refractivity contribution < 1.29 is 14.6 Å². The van der Waals surface area contributed by atoms with E-state index in [2.05, 4.69) is 0 Å². The fraction of sp³-hybridized carbons (Fsp3) is 0.333. The molecule has 0 aromatic heterocycles. The Morgan fingerprint density at radius 1 is 1.62 bits per heavy atom. The van der Waals surface area contributed by atoms with Crippen LogP contribution in [0.2, 0.25) is 0 Å². The molecule has 0 saturated heterocycles. The van der Waals surface area contributed by atoms with E-state index in [0.717, 1.165) is 0 Å². The minimum absolute atomic E-state index is 0.409. The largest absolute Gasteiger partial charge is 0.495 e. The molecule has 0 saturated carbocycles. The van der Waals surface area contributed by atoms with Gasteiger partial charge in [-0.1, -0.05) is 13.0 Å². The predicted molar refractivity (Wildman–Crippen MR) is 58.4 cm³/mol. The normalized spacial score (nSPS) is 11.6. The summed E-state index contributed by atoms with van der Waals surface area (Å²) >= 11 is 0. The van der Waals surface area contributed by atoms with E-state index in [-0.39, 0.29) is 0 Å². The van der Waals surface area contributed by atoms with Gasteiger partial charge in [-0.25, -0.2) is 0 Å². The second kappa shape index (κ2) is 5.17. The Morgan fingerprint density at radius 2 is 2.31 bits per heavy atom. The van der Waals surface area contributed by atoms with E-state index in [1.165, 1.54) is 7.11 Å². The number of aliphatic carboxylic acids is 1. The lowest BCUT2D eigenvalue weighted by Crippen LogP contribution is -2.10. The minimum Gasteiger partial charge on any atom is -0.495 e. The lowest BCUT2D eigenvalue weighted by molar-refractivity contribution is -0.138. The van der Waals surface area contributed by atoms with Crippen LogP contribution in [0.3, 0.4) is 0 Å². The molecule has 0 aliphatic carbocycles. The van der Waals surface area contributed by atoms with Crippen molar-refractivity contribution in [2.24, 2.45) is 0 Å². The standard InChI is InChI=1S/C12H13NO3/c1-3-10(12(14)15)8-4-5-9(7-13)11(6-8)16-2/h4-6,10H,3H2,1-2H3,(H,14,15). The smallest absolute Gasteiger partial charge is 0.310 e. The molecule has 0 fully saturated rings. The molecule has 0 radical (unpaired) electrons. The van der Waals surface area contributed by atoms with Crippen LogP contribution < -0.4 is 4.74 Å². The van der Waals surface area contributed by atoms with E-state index in [0.29, 0.717) is 23.3 Å². The van der Waals surface area contributed by atoms with Gasteiger partial charge in [0.15, 0.2) is 0 Å². The topological polar surface area (TPSA) is 70.3 Å². The molecule has 0 aliphatic rings. The SMILES string of the molecule is CCC(C(=O)O)c1ccc(C#N)c(OC)c1. The summed E-state index contributed by atoms with van der Waals surface area (Å²) in [6, 6.07) is 6.84. The van der Waals surface area contributed by atoms with Gasteiger partial charge in [0, 0.05) is 0 Å². The number of methoxy groups -OCH3 is 1. The van der Waals surface area contributed by atoms with Gasteiger partial charge >= 0.3 is 5.97 Å². The third-order valence-electron chi connectivity index (χ3n) is 2.45. The molecular weight excluding hydrogens is 206 g/mol. The fourth-order valence-electron chi connectivity index (χ4n) is 1.57. The number of rotatable bonds is 4. The van der Waals surface area contributed by atoms with Crippen LogP contribution in [0.25, 0.3) is 0 Å². The van der Waals surface area contributed by atoms with Crippen molar-refractivity contribution in [1.29, 1.82) is 5.26 Å². The highest BCUT2D eigenvalue weighted by Gasteiger charge is 2.18. The summed E-state index contributed by atoms with van der Waals surface area (Å²) in [5.74, 6) is -1.00. The first-order valence-corrected chi connectivity index (χ1v) is 4.94. The molecule has 1 N–H and O–H groups in total. The van der Waals surface area contributed by atoms with Gasteiger partial charge in [-0.2, -0.15) is 5.26 Å². The highest BCUT2D eigenvalue weighted by atomic mass is 16.5. The molecule has 1 aromatic carbocycles. The fourth-order valence-corrected chi connectivity index (χ4v) is 1.57. The zero-order valence-electron chi connectivity index (χ0n) is 9.23. The van der Waals surface area contributed by atoms with Crippen LogP contribution in [-0.4, -0.2) is 18.2 Å². The Labute approximate surface area is 94.1 Å². The van der Waals surface area contributed by atoms with Gasteiger partial charge in [-0.3, -0.25) is 4.79 Å². The lowest BCUT2D eigenvalue weighted by atomic mass is 9.95. The molecule has 4 heteroatoms. The molecular formula is C12H13NO3. The number of hydrogen-bond donors (Lipinski definition) is 1. The number of carboxylic acid groups (broad SMARTS) is 1. The number of nitriles is 1. The van der Waals surface area contributed by atoms with Gasteiger partial charge < -0.3 is 9.84 Å². The number of nitrogens with zero attached hydrogens (tertiary/aromatic N) is 1. The maximum absolute atomic E-state index is 11.0. The summed E-state index contributed by atoms with van der Waals surface area (Å²) in [6.07, 6.45) is 0.504. The Balaban J connectivity index is 3.17. The second-order valence-corrected chi connectivity index (χ2v) is 3.37. The van der Waals surface area contributed by atoms with Gasteiger partial charge in [-0.15, -0.1) is 0 Å². The summed E-state index contributed by atoms with van der Waals surface area (Å²) in [7, 11) is 1.46. The molecule has 1 rings (SSSR count). The predicted octanol–water partition coefficient (Wildman–Crippen LogP) is 2.15. The molecule has 0 aliphatic heterocycles. The van der Waals surface area contributed by atoms with Crippen LogP contribution in [0.15, 0.2) is 18.2 Å². The van der Waals surface area contributed by atoms with Gasteiger partial charge in [0.25, 0.3) is 0 Å². The lowest BCUT2D eigenvalue weighted by Gasteiger charge is -2.12. The van der Waals surface area contributed by atoms with Crippen molar-refractivity contribution >= 4 is 5.97 Å². The number of benzene rings is 1. The number of ether oxygens (including phenoxy) is 1. The second-order valence-electron chi connectivity index (χ2n) is 3.37. The third kappa shape index (κ3) is 2.31. The van der Waals surface area contributed by atoms with Gasteiger partial charge in [0.2, 0.25) is 0 Å². The van der Waals surface area contributed by atoms with E-state index >= 15 is 0 Å². The molecule has 0 amide bonds. The summed E-state index contributed by atoms with van der Waals surface area (Å²) in [4.78, 5) is 11.0. The summed E-state index contributed by atoms with van der Waals surface area (Å²) in [5.41, 5.74) is 1.07. The van der Waals surface area contributed by atoms with Crippen molar-refractivity contribution in [3.05, 3.63) is 29.3 Å². The van der Waals surface area contributed by atoms with Gasteiger partial charge in [0.1, 0.15) is 11.8 Å². The maximum atomic E-state index is 11.0. The highest BCUT2D eigenvalue weighted by Crippen LogP contribution is 2.26. The van der Waals surface area contributed by atoms with Crippen LogP contribution in [0, 0.1) is 11.3 Å². The molecule has 1 aromatic rings. The zero-order chi connectivity index (χ0) is 12.1. The first kappa shape index (κ1) is 12.1. The minimum atomic E-state index is -0.866. The highest BCUT2D eigenvalue weighted by molar-refractivity contribution is 5.76. The van der Waals surface area contributed by atoms with E-state index in [4.69, 9.17) is 15.1 Å². The van der Waals surface area contributed by atoms with Crippen LogP contribution in [0.1, 0.15) is 30.4 Å². The van der Waals surface area contributed by atoms with Crippen LogP contribution >= 0.6 is 0 Å². The summed E-state index contributed by atoms with van der Waals surface area (Å²) in [6.45, 7) is 1.81. The van der Waals surface area contributed by atoms with Crippen molar-refractivity contribution in [3.8, 4) is 11.8 Å². The summed E-state index contributed by atoms with van der Waals surface area (Å²) in [5, 5.41) is 17.8. The monoisotopic (exact) mass is 219 g/mol. The molecule has 0 bridgehead atoms. The van der Waals surface area contributed by atoms with Crippen molar-refractivity contribution in [1.82, 2.24) is 0 Å². The Bertz CT molecular complexity index is 434. The van der Waals surface area contributed by atoms with E-state index in [1.807, 2.05) is 13.0 Å². The van der Waals surface area contributed by atoms with Crippen LogP contribution in [0.5, 0.6) is 5.75 Å². The Morgan fingerprint density at radius 3 is 2.75 bits per heavy atom. The first-order chi connectivity index (χ1) is 7.63. The Hall–Kier alpha value is -2.02. The molecule has 0 spiro atoms. The summed E-state index contributed by atoms with van der Waals surface area (Å²) < 4.78 is 5.04. The molecule has 4 nitrogen and oxygen atoms in total. The van der Waals surface area contributed by atoms with Crippen molar-refractivity contribution in [2.75, 3.05) is 7.11 Å². The molecule has 1 unspecified atom stereocenters. The van der Waals surface area contributed by atoms with E-state index < -0.39 is 11.9 Å². The van der Waals surface area contributed by atoms with E-state index in [1.54, 1.807) is 18.2 Å². The van der Waals surface area contributed by atoms with Crippen LogP contribution in [-0.2, 0) is 4.79 Å². The third-order valence-corrected chi connectivity index (χ3v) is 2.45. The molecule has 1 atom stereocenters. The average Bonchev–Trinajstić information content (AvgIpc) is 2.29. The molecule has 16 heavy (non-hydrogen) atoms. The van der Waals surface area contributed by atoms with Gasteiger partial charge in [-0.05, 0) is 24.1 Å². The van der Waals surface area contributed by atoms with Gasteiger partial charge in [0.05, 0.1) is 18.6 Å². The Kier molecular flexibility index (Phi) is 3.90. The number of hydrogen-bond acceptors (Lipinski definition) is 3. The number of carboxylic acids is 1. The number of carbonyl (C=O) groups is 1. The van der Waals surface area contributed by atoms with E-state index in [9.17, 15) is 4.79 Å². The zero-order valence-corrected chi connectivity index (χ0v) is 9.23. The quantitative estimate of drug-likeness (QED) is 0.842. The first-order valence-electron chi connectivity index (χ1n) is 4.94. The average molecular weight is 219 g/mol. The van der Waals surface area contributed by atoms with Crippen molar-refractivity contribution in [3.63, 3.8) is 0 Å². The maximum Gasteiger partial charge on any atom is 0.310 e. The van der Waals surface area contributed by atoms with Crippen LogP contribution in [0.4, 0.5) is 0 Å².